The van der Waals surface area contributed by atoms with E-state index in [0.717, 1.165) is 79.0 Å². The van der Waals surface area contributed by atoms with Gasteiger partial charge in [-0.1, -0.05) is 0 Å². The average Bonchev–Trinajstić information content (AvgIpc) is 3.30. The first kappa shape index (κ1) is 23.2. The van der Waals surface area contributed by atoms with E-state index in [1.807, 2.05) is 18.2 Å². The second-order valence-electron chi connectivity index (χ2n) is 9.51. The largest absolute Gasteiger partial charge is 0.493 e. The van der Waals surface area contributed by atoms with E-state index in [2.05, 4.69) is 37.4 Å². The first-order chi connectivity index (χ1) is 18.1. The molecule has 0 radical (unpaired) electrons. The summed E-state index contributed by atoms with van der Waals surface area (Å²) in [5.74, 6) is 0.508. The Morgan fingerprint density at radius 1 is 1.11 bits per heavy atom. The number of anilines is 2. The van der Waals surface area contributed by atoms with Crippen LogP contribution in [0.3, 0.4) is 0 Å². The van der Waals surface area contributed by atoms with Crippen LogP contribution in [0.4, 0.5) is 11.6 Å². The van der Waals surface area contributed by atoms with Gasteiger partial charge in [-0.05, 0) is 49.6 Å². The SMILES string of the molecule is O=C(O)CC(c1cnc(N2CCC2)nc1)n1ncc2cc(OCCc3ccc4c(n3)CCCN4)ccc21. The lowest BCUT2D eigenvalue weighted by Crippen LogP contribution is -2.38. The zero-order valence-corrected chi connectivity index (χ0v) is 20.5. The minimum absolute atomic E-state index is 0.120. The molecule has 0 spiro atoms. The molecule has 5 heterocycles. The number of fused-ring (bicyclic) bond motifs is 2. The third-order valence-corrected chi connectivity index (χ3v) is 6.98. The Kier molecular flexibility index (Phi) is 6.30. The molecular weight excluding hydrogens is 470 g/mol. The van der Waals surface area contributed by atoms with Crippen molar-refractivity contribution in [1.29, 1.82) is 0 Å². The number of pyridine rings is 1. The Morgan fingerprint density at radius 3 is 2.76 bits per heavy atom. The van der Waals surface area contributed by atoms with Gasteiger partial charge in [0.15, 0.2) is 0 Å². The summed E-state index contributed by atoms with van der Waals surface area (Å²) in [4.78, 5) is 27.5. The summed E-state index contributed by atoms with van der Waals surface area (Å²) >= 11 is 0. The van der Waals surface area contributed by atoms with Crippen LogP contribution in [-0.4, -0.2) is 62.0 Å². The molecule has 1 fully saturated rings. The molecule has 0 saturated carbocycles. The van der Waals surface area contributed by atoms with Gasteiger partial charge in [-0.25, -0.2) is 9.97 Å². The summed E-state index contributed by atoms with van der Waals surface area (Å²) in [6.07, 6.45) is 9.02. The Balaban J connectivity index is 1.16. The number of nitrogens with zero attached hydrogens (tertiary/aromatic N) is 6. The third-order valence-electron chi connectivity index (χ3n) is 6.98. The fourth-order valence-corrected chi connectivity index (χ4v) is 4.85. The van der Waals surface area contributed by atoms with Crippen LogP contribution in [0.15, 0.2) is 48.9 Å². The highest BCUT2D eigenvalue weighted by Crippen LogP contribution is 2.29. The van der Waals surface area contributed by atoms with Gasteiger partial charge in [0.25, 0.3) is 0 Å². The van der Waals surface area contributed by atoms with Gasteiger partial charge in [-0.3, -0.25) is 14.5 Å². The summed E-state index contributed by atoms with van der Waals surface area (Å²) in [6.45, 7) is 3.42. The van der Waals surface area contributed by atoms with E-state index in [1.165, 1.54) is 0 Å². The van der Waals surface area contributed by atoms with Gasteiger partial charge >= 0.3 is 5.97 Å². The van der Waals surface area contributed by atoms with E-state index in [1.54, 1.807) is 23.3 Å². The van der Waals surface area contributed by atoms with Crippen molar-refractivity contribution in [2.45, 2.75) is 38.1 Å². The highest BCUT2D eigenvalue weighted by molar-refractivity contribution is 5.81. The third kappa shape index (κ3) is 4.91. The molecule has 0 bridgehead atoms. The molecule has 1 saturated heterocycles. The first-order valence-electron chi connectivity index (χ1n) is 12.8. The van der Waals surface area contributed by atoms with Gasteiger partial charge in [0, 0.05) is 55.1 Å². The smallest absolute Gasteiger partial charge is 0.305 e. The highest BCUT2D eigenvalue weighted by atomic mass is 16.5. The molecule has 2 N–H and O–H groups in total. The molecule has 1 unspecified atom stereocenters. The van der Waals surface area contributed by atoms with Crippen molar-refractivity contribution in [2.24, 2.45) is 0 Å². The Bertz CT molecular complexity index is 1420. The predicted octanol–water partition coefficient (Wildman–Crippen LogP) is 3.48. The number of aromatic nitrogens is 5. The molecule has 1 atom stereocenters. The van der Waals surface area contributed by atoms with Crippen molar-refractivity contribution >= 4 is 28.5 Å². The van der Waals surface area contributed by atoms with Crippen molar-refractivity contribution in [3.63, 3.8) is 0 Å². The molecule has 0 amide bonds. The van der Waals surface area contributed by atoms with Crippen LogP contribution in [-0.2, 0) is 17.6 Å². The minimum Gasteiger partial charge on any atom is -0.493 e. The van der Waals surface area contributed by atoms with Crippen molar-refractivity contribution in [1.82, 2.24) is 24.7 Å². The van der Waals surface area contributed by atoms with Gasteiger partial charge in [0.2, 0.25) is 5.95 Å². The quantitative estimate of drug-likeness (QED) is 0.357. The Hall–Kier alpha value is -4.21. The fraction of sp³-hybridized carbons (Fsp3) is 0.370. The standard InChI is InChI=1S/C27H29N7O3/c35-26(36)14-25(19-15-29-27(30-16-19)33-10-2-11-33)34-24-7-5-21(13-18(24)17-31-34)37-12-8-20-4-6-22-23(32-20)3-1-9-28-22/h4-7,13,15-17,25,28H,1-3,8-12,14H2,(H,35,36). The number of aryl methyl sites for hydroxylation is 1. The monoisotopic (exact) mass is 499 g/mol. The van der Waals surface area contributed by atoms with Gasteiger partial charge in [-0.2, -0.15) is 5.10 Å². The zero-order chi connectivity index (χ0) is 25.2. The van der Waals surface area contributed by atoms with Gasteiger partial charge in [0.05, 0.1) is 42.2 Å². The van der Waals surface area contributed by atoms with Crippen molar-refractivity contribution in [2.75, 3.05) is 36.5 Å². The minimum atomic E-state index is -0.910. The van der Waals surface area contributed by atoms with Gasteiger partial charge in [-0.15, -0.1) is 0 Å². The summed E-state index contributed by atoms with van der Waals surface area (Å²) < 4.78 is 7.76. The van der Waals surface area contributed by atoms with E-state index in [4.69, 9.17) is 9.72 Å². The molecule has 37 heavy (non-hydrogen) atoms. The number of hydrogen-bond donors (Lipinski definition) is 2. The van der Waals surface area contributed by atoms with Crippen LogP contribution in [0, 0.1) is 0 Å². The topological polar surface area (TPSA) is 118 Å². The zero-order valence-electron chi connectivity index (χ0n) is 20.5. The van der Waals surface area contributed by atoms with Crippen LogP contribution in [0.5, 0.6) is 5.75 Å². The van der Waals surface area contributed by atoms with E-state index >= 15 is 0 Å². The van der Waals surface area contributed by atoms with E-state index in [0.29, 0.717) is 18.1 Å². The number of aliphatic carboxylic acids is 1. The number of hydrogen-bond acceptors (Lipinski definition) is 8. The summed E-state index contributed by atoms with van der Waals surface area (Å²) in [5, 5.41) is 18.4. The lowest BCUT2D eigenvalue weighted by molar-refractivity contribution is -0.137. The van der Waals surface area contributed by atoms with Crippen molar-refractivity contribution in [3.05, 3.63) is 65.9 Å². The Labute approximate surface area is 214 Å². The van der Waals surface area contributed by atoms with E-state index < -0.39 is 12.0 Å². The van der Waals surface area contributed by atoms with Crippen LogP contribution in [0.25, 0.3) is 10.9 Å². The van der Waals surface area contributed by atoms with Gasteiger partial charge < -0.3 is 20.1 Å². The second kappa shape index (κ2) is 10.0. The van der Waals surface area contributed by atoms with E-state index in [-0.39, 0.29) is 6.42 Å². The summed E-state index contributed by atoms with van der Waals surface area (Å²) in [7, 11) is 0. The molecule has 10 heteroatoms. The number of nitrogens with one attached hydrogen (secondary N) is 1. The van der Waals surface area contributed by atoms with Crippen LogP contribution in [0.1, 0.15) is 42.3 Å². The van der Waals surface area contributed by atoms with Crippen molar-refractivity contribution in [3.8, 4) is 5.75 Å². The maximum atomic E-state index is 11.7. The Morgan fingerprint density at radius 2 is 1.97 bits per heavy atom. The summed E-state index contributed by atoms with van der Waals surface area (Å²) in [5.41, 5.74) is 4.83. The van der Waals surface area contributed by atoms with Gasteiger partial charge in [0.1, 0.15) is 5.75 Å². The number of benzene rings is 1. The lowest BCUT2D eigenvalue weighted by Gasteiger charge is -2.30. The number of rotatable bonds is 9. The number of carboxylic acid groups (broad SMARTS) is 1. The van der Waals surface area contributed by atoms with Crippen LogP contribution < -0.4 is 15.0 Å². The molecular formula is C27H29N7O3. The molecule has 0 aliphatic carbocycles. The normalized spacial score (nSPS) is 15.5. The number of ether oxygens (including phenoxy) is 1. The predicted molar refractivity (Wildman–Crippen MR) is 139 cm³/mol. The molecule has 6 rings (SSSR count). The molecule has 190 valence electrons. The molecule has 3 aromatic heterocycles. The maximum Gasteiger partial charge on any atom is 0.305 e. The molecule has 2 aliphatic rings. The van der Waals surface area contributed by atoms with Crippen LogP contribution >= 0.6 is 0 Å². The highest BCUT2D eigenvalue weighted by Gasteiger charge is 2.23. The van der Waals surface area contributed by atoms with E-state index in [9.17, 15) is 9.90 Å². The second-order valence-corrected chi connectivity index (χ2v) is 9.51. The molecule has 10 nitrogen and oxygen atoms in total. The fourth-order valence-electron chi connectivity index (χ4n) is 4.85. The average molecular weight is 500 g/mol. The number of carbonyl (C=O) groups is 1. The molecule has 2 aliphatic heterocycles. The maximum absolute atomic E-state index is 11.7. The molecule has 1 aromatic carbocycles. The van der Waals surface area contributed by atoms with Crippen molar-refractivity contribution < 1.29 is 14.6 Å². The lowest BCUT2D eigenvalue weighted by atomic mass is 10.1. The molecule has 4 aromatic rings. The van der Waals surface area contributed by atoms with Crippen LogP contribution in [0.2, 0.25) is 0 Å². The first-order valence-corrected chi connectivity index (χ1v) is 12.8. The summed E-state index contributed by atoms with van der Waals surface area (Å²) in [6, 6.07) is 9.39. The number of carboxylic acids is 1.